The van der Waals surface area contributed by atoms with Gasteiger partial charge in [-0.3, -0.25) is 0 Å². The van der Waals surface area contributed by atoms with Crippen LogP contribution in [0.15, 0.2) is 60.7 Å². The van der Waals surface area contributed by atoms with E-state index in [-0.39, 0.29) is 0 Å². The molecule has 0 saturated carbocycles. The highest BCUT2D eigenvalue weighted by molar-refractivity contribution is 7.79. The van der Waals surface area contributed by atoms with Crippen LogP contribution in [0.1, 0.15) is 5.69 Å². The molecule has 3 rings (SSSR count). The molecule has 0 bridgehead atoms. The van der Waals surface area contributed by atoms with E-state index in [2.05, 4.69) is 5.10 Å². The molecule has 1 amide bonds. The van der Waals surface area contributed by atoms with Gasteiger partial charge in [0.25, 0.3) is 0 Å². The van der Waals surface area contributed by atoms with Gasteiger partial charge in [0.2, 0.25) is 0 Å². The molecule has 0 aliphatic carbocycles. The Morgan fingerprint density at radius 3 is 2.30 bits per heavy atom. The summed E-state index contributed by atoms with van der Waals surface area (Å²) in [6, 6.07) is 18.0. The fourth-order valence-electron chi connectivity index (χ4n) is 2.12. The molecule has 0 radical (unpaired) electrons. The first-order valence-corrected chi connectivity index (χ1v) is 7.33. The van der Waals surface area contributed by atoms with Crippen LogP contribution in [-0.2, 0) is 0 Å². The van der Waals surface area contributed by atoms with Crippen molar-refractivity contribution < 1.29 is 9.53 Å². The number of hydrogen-bond acceptors (Lipinski definition) is 4. The maximum atomic E-state index is 11.3. The van der Waals surface area contributed by atoms with Gasteiger partial charge < -0.3 is 10.5 Å². The molecule has 6 heteroatoms. The number of ether oxygens (including phenoxy) is 1. The third-order valence-electron chi connectivity index (χ3n) is 3.20. The van der Waals surface area contributed by atoms with Crippen LogP contribution in [0.2, 0.25) is 0 Å². The lowest BCUT2D eigenvalue weighted by Gasteiger charge is -2.05. The molecule has 2 N–H and O–H groups in total. The molecule has 0 unspecified atom stereocenters. The average Bonchev–Trinajstić information content (AvgIpc) is 3.01. The number of benzene rings is 2. The van der Waals surface area contributed by atoms with E-state index in [4.69, 9.17) is 22.7 Å². The minimum atomic E-state index is -0.670. The van der Waals surface area contributed by atoms with E-state index in [1.807, 2.05) is 54.6 Å². The van der Waals surface area contributed by atoms with Gasteiger partial charge in [0.05, 0.1) is 11.4 Å². The zero-order valence-electron chi connectivity index (χ0n) is 12.0. The summed E-state index contributed by atoms with van der Waals surface area (Å²) in [4.78, 5) is 11.3. The van der Waals surface area contributed by atoms with Crippen molar-refractivity contribution >= 4 is 23.6 Å². The lowest BCUT2D eigenvalue weighted by Crippen LogP contribution is -2.22. The second-order valence-electron chi connectivity index (χ2n) is 4.76. The zero-order valence-corrected chi connectivity index (χ0v) is 12.9. The molecular formula is C17H13N3O2S. The first kappa shape index (κ1) is 14.9. The van der Waals surface area contributed by atoms with Gasteiger partial charge in [-0.25, -0.2) is 4.79 Å². The van der Waals surface area contributed by atoms with Crippen LogP contribution >= 0.6 is 12.2 Å². The van der Waals surface area contributed by atoms with Crippen molar-refractivity contribution in [3.8, 4) is 22.8 Å². The Balaban J connectivity index is 1.85. The maximum absolute atomic E-state index is 11.3. The molecule has 1 heterocycles. The smallest absolute Gasteiger partial charge is 0.340 e. The van der Waals surface area contributed by atoms with Crippen molar-refractivity contribution in [2.24, 2.45) is 5.73 Å². The standard InChI is InChI=1S/C17H13N3O2S/c18-17(21)20-13(11-23)10-16(19-20)12-6-8-15(9-7-12)22-14-4-2-1-3-5-14/h1-11H,(H2,18,21). The molecule has 0 aliphatic heterocycles. The summed E-state index contributed by atoms with van der Waals surface area (Å²) in [6.45, 7) is 0. The molecule has 0 aliphatic rings. The monoisotopic (exact) mass is 323 g/mol. The largest absolute Gasteiger partial charge is 0.457 e. The lowest BCUT2D eigenvalue weighted by atomic mass is 10.1. The number of amides is 1. The Morgan fingerprint density at radius 2 is 1.74 bits per heavy atom. The van der Waals surface area contributed by atoms with Gasteiger partial charge in [0.15, 0.2) is 0 Å². The molecular weight excluding hydrogens is 310 g/mol. The van der Waals surface area contributed by atoms with E-state index in [0.717, 1.165) is 16.0 Å². The third kappa shape index (κ3) is 3.27. The summed E-state index contributed by atoms with van der Waals surface area (Å²) in [5, 5.41) is 5.54. The Morgan fingerprint density at radius 1 is 1.09 bits per heavy atom. The number of primary amides is 1. The quantitative estimate of drug-likeness (QED) is 0.745. The van der Waals surface area contributed by atoms with E-state index < -0.39 is 6.03 Å². The maximum Gasteiger partial charge on any atom is 0.340 e. The van der Waals surface area contributed by atoms with Gasteiger partial charge in [0, 0.05) is 10.9 Å². The summed E-state index contributed by atoms with van der Waals surface area (Å²) in [7, 11) is 0. The number of nitrogens with zero attached hydrogens (tertiary/aromatic N) is 2. The van der Waals surface area contributed by atoms with E-state index >= 15 is 0 Å². The molecule has 3 aromatic rings. The summed E-state index contributed by atoms with van der Waals surface area (Å²) in [5.74, 6) is 1.48. The second-order valence-corrected chi connectivity index (χ2v) is 5.00. The summed E-state index contributed by atoms with van der Waals surface area (Å²) < 4.78 is 6.82. The third-order valence-corrected chi connectivity index (χ3v) is 3.44. The molecule has 0 fully saturated rings. The Kier molecular flexibility index (Phi) is 4.16. The van der Waals surface area contributed by atoms with Crippen molar-refractivity contribution in [1.29, 1.82) is 0 Å². The summed E-state index contributed by atoms with van der Waals surface area (Å²) in [5.41, 5.74) is 7.20. The Hall–Kier alpha value is -2.99. The van der Waals surface area contributed by atoms with Gasteiger partial charge in [-0.2, -0.15) is 9.78 Å². The summed E-state index contributed by atoms with van der Waals surface area (Å²) >= 11 is 4.87. The van der Waals surface area contributed by atoms with Crippen molar-refractivity contribution in [2.45, 2.75) is 0 Å². The minimum absolute atomic E-state index is 0.479. The van der Waals surface area contributed by atoms with Crippen LogP contribution < -0.4 is 10.5 Å². The number of carbonyl (C=O) groups is 1. The van der Waals surface area contributed by atoms with Crippen molar-refractivity contribution in [2.75, 3.05) is 0 Å². The van der Waals surface area contributed by atoms with Crippen LogP contribution in [0.25, 0.3) is 11.3 Å². The second kappa shape index (κ2) is 6.41. The number of nitrogens with two attached hydrogens (primary N) is 1. The van der Waals surface area contributed by atoms with Crippen LogP contribution in [0, 0.1) is 0 Å². The normalized spacial score (nSPS) is 10.3. The fourth-order valence-corrected chi connectivity index (χ4v) is 2.28. The van der Waals surface area contributed by atoms with Gasteiger partial charge in [-0.15, -0.1) is 0 Å². The molecule has 5 nitrogen and oxygen atoms in total. The fraction of sp³-hybridized carbons (Fsp3) is 0. The Labute approximate surface area is 138 Å². The number of thiocarbonyl (C=S) groups is 1. The zero-order chi connectivity index (χ0) is 16.2. The first-order chi connectivity index (χ1) is 11.2. The molecule has 0 atom stereocenters. The molecule has 2 aromatic carbocycles. The van der Waals surface area contributed by atoms with Crippen LogP contribution in [0.3, 0.4) is 0 Å². The Bertz CT molecular complexity index is 842. The van der Waals surface area contributed by atoms with E-state index in [1.165, 1.54) is 5.37 Å². The van der Waals surface area contributed by atoms with E-state index in [1.54, 1.807) is 6.07 Å². The molecule has 114 valence electrons. The van der Waals surface area contributed by atoms with Crippen LogP contribution in [-0.4, -0.2) is 21.2 Å². The highest BCUT2D eigenvalue weighted by Gasteiger charge is 2.11. The highest BCUT2D eigenvalue weighted by Crippen LogP contribution is 2.25. The summed E-state index contributed by atoms with van der Waals surface area (Å²) in [6.07, 6.45) is 0. The predicted octanol–water partition coefficient (Wildman–Crippen LogP) is 3.62. The SMILES string of the molecule is NC(=O)n1nc(-c2ccc(Oc3ccccc3)cc2)cc1C=S. The molecule has 1 aromatic heterocycles. The van der Waals surface area contributed by atoms with E-state index in [0.29, 0.717) is 17.1 Å². The predicted molar refractivity (Wildman–Crippen MR) is 91.9 cm³/mol. The van der Waals surface area contributed by atoms with Gasteiger partial charge in [-0.05, 0) is 42.5 Å². The molecule has 0 saturated heterocycles. The lowest BCUT2D eigenvalue weighted by molar-refractivity contribution is 0.247. The molecule has 23 heavy (non-hydrogen) atoms. The highest BCUT2D eigenvalue weighted by atomic mass is 32.1. The van der Waals surface area contributed by atoms with Gasteiger partial charge >= 0.3 is 6.03 Å². The average molecular weight is 323 g/mol. The van der Waals surface area contributed by atoms with Gasteiger partial charge in [0.1, 0.15) is 11.5 Å². The first-order valence-electron chi connectivity index (χ1n) is 6.86. The number of para-hydroxylation sites is 1. The molecule has 0 spiro atoms. The van der Waals surface area contributed by atoms with E-state index in [9.17, 15) is 4.79 Å². The van der Waals surface area contributed by atoms with Crippen LogP contribution in [0.4, 0.5) is 4.79 Å². The number of rotatable bonds is 4. The van der Waals surface area contributed by atoms with Gasteiger partial charge in [-0.1, -0.05) is 30.4 Å². The van der Waals surface area contributed by atoms with Crippen LogP contribution in [0.5, 0.6) is 11.5 Å². The number of aromatic nitrogens is 2. The topological polar surface area (TPSA) is 70.1 Å². The van der Waals surface area contributed by atoms with Crippen molar-refractivity contribution in [3.63, 3.8) is 0 Å². The number of carbonyl (C=O) groups excluding carboxylic acids is 1. The van der Waals surface area contributed by atoms with Crippen molar-refractivity contribution in [1.82, 2.24) is 9.78 Å². The minimum Gasteiger partial charge on any atom is -0.457 e. The number of hydrogen-bond donors (Lipinski definition) is 1. The van der Waals surface area contributed by atoms with Crippen molar-refractivity contribution in [3.05, 3.63) is 66.4 Å².